The average Bonchev–Trinajstić information content (AvgIpc) is 3.70. The van der Waals surface area contributed by atoms with E-state index in [2.05, 4.69) is 48.6 Å². The molecule has 14 heteroatoms. The van der Waals surface area contributed by atoms with Crippen LogP contribution in [0.1, 0.15) is 40.2 Å². The Balaban J connectivity index is 1.23. The molecule has 1 saturated heterocycles. The first-order valence-corrected chi connectivity index (χ1v) is 13.9. The molecule has 3 aromatic rings. The zero-order valence-corrected chi connectivity index (χ0v) is 23.9. The monoisotopic (exact) mass is 522 g/mol. The van der Waals surface area contributed by atoms with Gasteiger partial charge in [-0.1, -0.05) is 0 Å². The lowest BCUT2D eigenvalue weighted by molar-refractivity contribution is 0.0940. The van der Waals surface area contributed by atoms with Crippen LogP contribution in [0.4, 0.5) is 5.82 Å². The third kappa shape index (κ3) is 5.62. The molecule has 3 aromatic heterocycles. The minimum Gasteiger partial charge on any atom is -0.364 e. The van der Waals surface area contributed by atoms with Gasteiger partial charge in [0.25, 0.3) is 17.0 Å². The highest BCUT2D eigenvalue weighted by Crippen LogP contribution is 2.38. The molecule has 2 N–H and O–H groups in total. The number of amides is 1. The van der Waals surface area contributed by atoms with Crippen molar-refractivity contribution in [1.29, 1.82) is 0 Å². The van der Waals surface area contributed by atoms with Crippen molar-refractivity contribution < 1.29 is 4.79 Å². The third-order valence-corrected chi connectivity index (χ3v) is 8.72. The van der Waals surface area contributed by atoms with Crippen LogP contribution < -0.4 is 21.3 Å². The van der Waals surface area contributed by atoms with Crippen molar-refractivity contribution in [1.82, 2.24) is 24.8 Å². The molecule has 1 aliphatic carbocycles. The molecule has 0 radical (unpaired) electrons. The van der Waals surface area contributed by atoms with Crippen molar-refractivity contribution in [3.63, 3.8) is 0 Å². The first kappa shape index (κ1) is 27.4. The van der Waals surface area contributed by atoms with Gasteiger partial charge in [-0.05, 0) is 53.9 Å². The topological polar surface area (TPSA) is 103 Å². The summed E-state index contributed by atoms with van der Waals surface area (Å²) in [5, 5.41) is 2.40. The Hall–Kier alpha value is -3.14. The molecule has 0 bridgehead atoms. The van der Waals surface area contributed by atoms with Gasteiger partial charge in [-0.3, -0.25) is 28.8 Å². The molecule has 39 heavy (non-hydrogen) atoms. The summed E-state index contributed by atoms with van der Waals surface area (Å²) in [6.07, 6.45) is 4.07. The number of piperazine rings is 1. The summed E-state index contributed by atoms with van der Waals surface area (Å²) in [6, 6.07) is 7.49. The molecule has 0 unspecified atom stereocenters. The van der Waals surface area contributed by atoms with Crippen LogP contribution >= 0.6 is 0 Å². The molecule has 1 amide bonds. The number of nitrogens with zero attached hydrogens (tertiary/aromatic N) is 4. The van der Waals surface area contributed by atoms with Crippen molar-refractivity contribution in [2.24, 2.45) is 7.05 Å². The fourth-order valence-corrected chi connectivity index (χ4v) is 4.97. The summed E-state index contributed by atoms with van der Waals surface area (Å²) < 4.78 is 1.58. The predicted molar refractivity (Wildman–Crippen MR) is 169 cm³/mol. The molecule has 1 saturated carbocycles. The molecular formula is C25H35B5N6O3. The lowest BCUT2D eigenvalue weighted by atomic mass is 9.26. The highest BCUT2D eigenvalue weighted by molar-refractivity contribution is 6.67. The van der Waals surface area contributed by atoms with Crippen molar-refractivity contribution >= 4 is 62.0 Å². The molecule has 0 atom stereocenters. The average molecular weight is 522 g/mol. The van der Waals surface area contributed by atoms with Gasteiger partial charge in [0.2, 0.25) is 0 Å². The normalized spacial score (nSPS) is 16.9. The van der Waals surface area contributed by atoms with Crippen molar-refractivity contribution in [3.05, 3.63) is 67.9 Å². The summed E-state index contributed by atoms with van der Waals surface area (Å²) in [6.45, 7) is 3.92. The molecule has 1 aliphatic heterocycles. The number of nitrogens with one attached hydrogen (secondary N) is 2. The van der Waals surface area contributed by atoms with Crippen LogP contribution in [-0.4, -0.2) is 96.1 Å². The van der Waals surface area contributed by atoms with Gasteiger partial charge in [-0.15, -0.1) is 5.11 Å². The summed E-state index contributed by atoms with van der Waals surface area (Å²) in [5.74, 6) is 0.855. The van der Waals surface area contributed by atoms with Crippen LogP contribution in [0, 0.1) is 0 Å². The number of hydrogen-bond donors (Lipinski definition) is 2. The maximum absolute atomic E-state index is 13.1. The Morgan fingerprint density at radius 3 is 2.41 bits per heavy atom. The molecule has 0 spiro atoms. The minimum atomic E-state index is -0.473. The summed E-state index contributed by atoms with van der Waals surface area (Å²) in [4.78, 5) is 50.7. The second kappa shape index (κ2) is 10.1. The van der Waals surface area contributed by atoms with E-state index in [1.165, 1.54) is 0 Å². The molecule has 2 aliphatic rings. The number of aromatic amines is 1. The Bertz CT molecular complexity index is 1540. The number of hydrogen-bond acceptors (Lipinski definition) is 6. The fraction of sp³-hybridized carbons (Fsp3) is 0.440. The van der Waals surface area contributed by atoms with Gasteiger partial charge in [0.1, 0.15) is 27.1 Å². The lowest BCUT2D eigenvalue weighted by Gasteiger charge is -2.40. The van der Waals surface area contributed by atoms with Crippen LogP contribution in [0.3, 0.4) is 0 Å². The number of anilines is 1. The maximum Gasteiger partial charge on any atom is 0.264 e. The van der Waals surface area contributed by atoms with E-state index < -0.39 is 5.34 Å². The van der Waals surface area contributed by atoms with Crippen LogP contribution in [0.25, 0.3) is 11.0 Å². The van der Waals surface area contributed by atoms with Crippen LogP contribution in [-0.2, 0) is 13.6 Å². The van der Waals surface area contributed by atoms with Gasteiger partial charge in [-0.2, -0.15) is 0 Å². The smallest absolute Gasteiger partial charge is 0.264 e. The van der Waals surface area contributed by atoms with Crippen molar-refractivity contribution in [3.8, 4) is 0 Å². The number of carbonyl (C=O) groups is 1. The summed E-state index contributed by atoms with van der Waals surface area (Å²) >= 11 is 0. The van der Waals surface area contributed by atoms with Crippen LogP contribution in [0.2, 0.25) is 5.11 Å². The molecule has 2 fully saturated rings. The number of fused-ring (bicyclic) bond motifs is 1. The summed E-state index contributed by atoms with van der Waals surface area (Å²) in [7, 11) is 11.9. The number of rotatable bonds is 7. The molecule has 198 valence electrons. The lowest BCUT2D eigenvalue weighted by Crippen LogP contribution is -2.59. The van der Waals surface area contributed by atoms with Crippen molar-refractivity contribution in [2.75, 3.05) is 31.1 Å². The number of pyridine rings is 3. The zero-order valence-electron chi connectivity index (χ0n) is 23.9. The number of carbonyl (C=O) groups excluding carboxylic acids is 1. The molecule has 0 aromatic carbocycles. The van der Waals surface area contributed by atoms with E-state index in [0.29, 0.717) is 5.92 Å². The molecule has 5 rings (SSSR count). The quantitative estimate of drug-likeness (QED) is 0.312. The number of aromatic nitrogens is 3. The zero-order chi connectivity index (χ0) is 28.1. The minimum absolute atomic E-state index is 0.00425. The van der Waals surface area contributed by atoms with Crippen LogP contribution in [0.5, 0.6) is 0 Å². The van der Waals surface area contributed by atoms with Gasteiger partial charge in [0, 0.05) is 51.5 Å². The van der Waals surface area contributed by atoms with E-state index in [-0.39, 0.29) is 27.7 Å². The Morgan fingerprint density at radius 2 is 1.77 bits per heavy atom. The Labute approximate surface area is 233 Å². The van der Waals surface area contributed by atoms with E-state index in [1.807, 2.05) is 40.1 Å². The van der Waals surface area contributed by atoms with E-state index in [0.717, 1.165) is 73.5 Å². The Morgan fingerprint density at radius 1 is 1.08 bits per heavy atom. The summed E-state index contributed by atoms with van der Waals surface area (Å²) in [5.41, 5.74) is 3.41. The molecular weight excluding hydrogens is 486 g/mol. The van der Waals surface area contributed by atoms with Crippen molar-refractivity contribution in [2.45, 2.75) is 35.8 Å². The number of H-pyrrole nitrogens is 1. The van der Waals surface area contributed by atoms with Crippen LogP contribution in [0.15, 0.2) is 40.1 Å². The van der Waals surface area contributed by atoms with E-state index >= 15 is 0 Å². The first-order chi connectivity index (χ1) is 18.3. The van der Waals surface area contributed by atoms with Gasteiger partial charge in [-0.25, -0.2) is 0 Å². The highest BCUT2D eigenvalue weighted by Gasteiger charge is 2.34. The highest BCUT2D eigenvalue weighted by atomic mass is 16.2. The standard InChI is InChI=1S/C25H35B5N6O3/c1-34-20(5-4-16(23(34)39)22(38)33-25(29,30)24(26,27)28)36-8-6-35(7-9-36)13-14-10-19-18(31-12-14)11-17(15-2-3-15)21(37)32-19/h4-5,10-12,15H,2-3,6-9,13,26-30H2,1H3,(H,32,37)(H,33,38). The van der Waals surface area contributed by atoms with E-state index in [9.17, 15) is 14.4 Å². The van der Waals surface area contributed by atoms with E-state index in [1.54, 1.807) is 17.7 Å². The second-order valence-electron chi connectivity index (χ2n) is 12.7. The van der Waals surface area contributed by atoms with Gasteiger partial charge in [0.15, 0.2) is 0 Å². The van der Waals surface area contributed by atoms with Gasteiger partial charge >= 0.3 is 0 Å². The van der Waals surface area contributed by atoms with Gasteiger partial charge < -0.3 is 15.2 Å². The van der Waals surface area contributed by atoms with Gasteiger partial charge in [0.05, 0.1) is 34.6 Å². The molecule has 4 heterocycles. The van der Waals surface area contributed by atoms with E-state index in [4.69, 9.17) is 0 Å². The second-order valence-corrected chi connectivity index (χ2v) is 12.7. The first-order valence-electron chi connectivity index (χ1n) is 13.9. The SMILES string of the molecule is BC(B)(B)C(B)(B)NC(=O)c1ccc(N2CCN(Cc3cnc4cc(C5CC5)c(=O)[nH]c4c3)CC2)n(C)c1=O. The third-order valence-electron chi connectivity index (χ3n) is 8.72. The predicted octanol–water partition coefficient (Wildman–Crippen LogP) is -3.56. The fourth-order valence-electron chi connectivity index (χ4n) is 4.97. The Kier molecular flexibility index (Phi) is 7.12. The molecule has 9 nitrogen and oxygen atoms in total. The largest absolute Gasteiger partial charge is 0.364 e. The maximum atomic E-state index is 13.1.